The smallest absolute Gasteiger partial charge is 0.132 e. The fourth-order valence-corrected chi connectivity index (χ4v) is 4.10. The summed E-state index contributed by atoms with van der Waals surface area (Å²) >= 11 is 7.71. The minimum Gasteiger partial charge on any atom is -0.355 e. The van der Waals surface area contributed by atoms with Crippen LogP contribution in [0.25, 0.3) is 0 Å². The van der Waals surface area contributed by atoms with Gasteiger partial charge in [0.25, 0.3) is 0 Å². The Balaban J connectivity index is 1.64. The van der Waals surface area contributed by atoms with Crippen molar-refractivity contribution in [2.24, 2.45) is 0 Å². The Morgan fingerprint density at radius 2 is 2.27 bits per heavy atom. The van der Waals surface area contributed by atoms with E-state index < -0.39 is 0 Å². The van der Waals surface area contributed by atoms with Crippen LogP contribution in [0.1, 0.15) is 23.4 Å². The third kappa shape index (κ3) is 3.77. The second-order valence-corrected chi connectivity index (χ2v) is 7.67. The van der Waals surface area contributed by atoms with Crippen LogP contribution in [0.15, 0.2) is 24.5 Å². The first kappa shape index (κ1) is 15.7. The SMILES string of the molecule is Cc1cc(N(C)C2CCCN(Cc3ccc(Cl)s3)C2)ncn1. The Bertz CT molecular complexity index is 630. The Labute approximate surface area is 140 Å². The van der Waals surface area contributed by atoms with Crippen LogP contribution < -0.4 is 4.90 Å². The molecular formula is C16H21ClN4S. The zero-order chi connectivity index (χ0) is 15.5. The van der Waals surface area contributed by atoms with Gasteiger partial charge in [0.2, 0.25) is 0 Å². The molecule has 0 aromatic carbocycles. The minimum absolute atomic E-state index is 0.499. The third-order valence-corrected chi connectivity index (χ3v) is 5.40. The predicted octanol–water partition coefficient (Wildman–Crippen LogP) is 3.60. The second kappa shape index (κ2) is 6.94. The van der Waals surface area contributed by atoms with Crippen molar-refractivity contribution in [2.45, 2.75) is 32.4 Å². The second-order valence-electron chi connectivity index (χ2n) is 5.87. The van der Waals surface area contributed by atoms with Crippen molar-refractivity contribution < 1.29 is 0 Å². The van der Waals surface area contributed by atoms with E-state index in [1.54, 1.807) is 17.7 Å². The topological polar surface area (TPSA) is 32.3 Å². The monoisotopic (exact) mass is 336 g/mol. The Kier molecular flexibility index (Phi) is 4.96. The van der Waals surface area contributed by atoms with Gasteiger partial charge in [-0.1, -0.05) is 11.6 Å². The summed E-state index contributed by atoms with van der Waals surface area (Å²) in [6.07, 6.45) is 4.08. The molecule has 0 spiro atoms. The molecule has 1 atom stereocenters. The van der Waals surface area contributed by atoms with Gasteiger partial charge in [-0.15, -0.1) is 11.3 Å². The Hall–Kier alpha value is -1.17. The molecule has 0 amide bonds. The van der Waals surface area contributed by atoms with Crippen LogP contribution in [0, 0.1) is 6.92 Å². The van der Waals surface area contributed by atoms with Gasteiger partial charge in [-0.05, 0) is 38.4 Å². The lowest BCUT2D eigenvalue weighted by atomic mass is 10.0. The number of likely N-dealkylation sites (N-methyl/N-ethyl adjacent to an activating group) is 1. The van der Waals surface area contributed by atoms with Crippen LogP contribution in [-0.4, -0.2) is 41.0 Å². The highest BCUT2D eigenvalue weighted by molar-refractivity contribution is 7.16. The van der Waals surface area contributed by atoms with Crippen molar-refractivity contribution in [2.75, 3.05) is 25.0 Å². The lowest BCUT2D eigenvalue weighted by Gasteiger charge is -2.38. The van der Waals surface area contributed by atoms with Crippen molar-refractivity contribution in [3.8, 4) is 0 Å². The molecule has 6 heteroatoms. The van der Waals surface area contributed by atoms with E-state index in [0.717, 1.165) is 35.5 Å². The highest BCUT2D eigenvalue weighted by atomic mass is 35.5. The molecule has 0 radical (unpaired) electrons. The van der Waals surface area contributed by atoms with Gasteiger partial charge >= 0.3 is 0 Å². The van der Waals surface area contributed by atoms with Crippen LogP contribution in [-0.2, 0) is 6.54 Å². The molecular weight excluding hydrogens is 316 g/mol. The lowest BCUT2D eigenvalue weighted by molar-refractivity contribution is 0.200. The molecule has 0 saturated carbocycles. The zero-order valence-corrected chi connectivity index (χ0v) is 14.6. The summed E-state index contributed by atoms with van der Waals surface area (Å²) in [5.41, 5.74) is 1.01. The van der Waals surface area contributed by atoms with Crippen molar-refractivity contribution in [1.82, 2.24) is 14.9 Å². The van der Waals surface area contributed by atoms with Gasteiger partial charge in [-0.2, -0.15) is 0 Å². The molecule has 3 heterocycles. The van der Waals surface area contributed by atoms with E-state index >= 15 is 0 Å². The summed E-state index contributed by atoms with van der Waals surface area (Å²) in [6, 6.07) is 6.67. The number of piperidine rings is 1. The van der Waals surface area contributed by atoms with E-state index in [1.807, 2.05) is 13.0 Å². The maximum absolute atomic E-state index is 6.03. The summed E-state index contributed by atoms with van der Waals surface area (Å²) in [5.74, 6) is 1.01. The van der Waals surface area contributed by atoms with Gasteiger partial charge in [0, 0.05) is 42.8 Å². The maximum atomic E-state index is 6.03. The highest BCUT2D eigenvalue weighted by Crippen LogP contribution is 2.25. The first-order chi connectivity index (χ1) is 10.6. The van der Waals surface area contributed by atoms with Crippen LogP contribution in [0.3, 0.4) is 0 Å². The van der Waals surface area contributed by atoms with Gasteiger partial charge in [0.1, 0.15) is 12.1 Å². The Morgan fingerprint density at radius 1 is 1.41 bits per heavy atom. The first-order valence-corrected chi connectivity index (χ1v) is 8.79. The summed E-state index contributed by atoms with van der Waals surface area (Å²) < 4.78 is 0.872. The summed E-state index contributed by atoms with van der Waals surface area (Å²) in [4.78, 5) is 14.7. The maximum Gasteiger partial charge on any atom is 0.132 e. The molecule has 1 aliphatic rings. The zero-order valence-electron chi connectivity index (χ0n) is 13.0. The van der Waals surface area contributed by atoms with Gasteiger partial charge in [0.15, 0.2) is 0 Å². The first-order valence-electron chi connectivity index (χ1n) is 7.60. The van der Waals surface area contributed by atoms with Crippen molar-refractivity contribution in [3.05, 3.63) is 39.4 Å². The molecule has 3 rings (SSSR count). The minimum atomic E-state index is 0.499. The summed E-state index contributed by atoms with van der Waals surface area (Å²) in [7, 11) is 2.14. The standard InChI is InChI=1S/C16H21ClN4S/c1-12-8-16(19-11-18-12)20(2)13-4-3-7-21(9-13)10-14-5-6-15(17)22-14/h5-6,8,11,13H,3-4,7,9-10H2,1-2H3. The normalized spacial score (nSPS) is 19.3. The number of hydrogen-bond acceptors (Lipinski definition) is 5. The molecule has 1 saturated heterocycles. The van der Waals surface area contributed by atoms with E-state index in [-0.39, 0.29) is 0 Å². The predicted molar refractivity (Wildman–Crippen MR) is 92.8 cm³/mol. The number of nitrogens with zero attached hydrogens (tertiary/aromatic N) is 4. The van der Waals surface area contributed by atoms with Crippen LogP contribution >= 0.6 is 22.9 Å². The molecule has 1 aliphatic heterocycles. The molecule has 0 N–H and O–H groups in total. The summed E-state index contributed by atoms with van der Waals surface area (Å²) in [5, 5.41) is 0. The molecule has 2 aromatic heterocycles. The van der Waals surface area contributed by atoms with E-state index in [9.17, 15) is 0 Å². The number of halogens is 1. The van der Waals surface area contributed by atoms with Crippen molar-refractivity contribution in [1.29, 1.82) is 0 Å². The van der Waals surface area contributed by atoms with E-state index in [1.165, 1.54) is 17.7 Å². The van der Waals surface area contributed by atoms with Gasteiger partial charge in [0.05, 0.1) is 4.34 Å². The molecule has 0 aliphatic carbocycles. The third-order valence-electron chi connectivity index (χ3n) is 4.19. The number of thiophene rings is 1. The largest absolute Gasteiger partial charge is 0.355 e. The fraction of sp³-hybridized carbons (Fsp3) is 0.500. The number of aromatic nitrogens is 2. The number of hydrogen-bond donors (Lipinski definition) is 0. The van der Waals surface area contributed by atoms with E-state index in [4.69, 9.17) is 11.6 Å². The van der Waals surface area contributed by atoms with Crippen molar-refractivity contribution in [3.63, 3.8) is 0 Å². The molecule has 118 valence electrons. The molecule has 2 aromatic rings. The number of anilines is 1. The molecule has 4 nitrogen and oxygen atoms in total. The van der Waals surface area contributed by atoms with Crippen LogP contribution in [0.2, 0.25) is 4.34 Å². The fourth-order valence-electron chi connectivity index (χ4n) is 2.97. The lowest BCUT2D eigenvalue weighted by Crippen LogP contribution is -2.46. The Morgan fingerprint density at radius 3 is 3.00 bits per heavy atom. The molecule has 0 bridgehead atoms. The van der Waals surface area contributed by atoms with Crippen molar-refractivity contribution >= 4 is 28.8 Å². The van der Waals surface area contributed by atoms with Gasteiger partial charge < -0.3 is 4.90 Å². The van der Waals surface area contributed by atoms with Gasteiger partial charge in [-0.3, -0.25) is 4.90 Å². The molecule has 1 fully saturated rings. The number of rotatable bonds is 4. The van der Waals surface area contributed by atoms with Crippen LogP contribution in [0.5, 0.6) is 0 Å². The van der Waals surface area contributed by atoms with E-state index in [2.05, 4.69) is 38.9 Å². The highest BCUT2D eigenvalue weighted by Gasteiger charge is 2.24. The summed E-state index contributed by atoms with van der Waals surface area (Å²) in [6.45, 7) is 5.22. The average molecular weight is 337 g/mol. The molecule has 1 unspecified atom stereocenters. The van der Waals surface area contributed by atoms with E-state index in [0.29, 0.717) is 6.04 Å². The van der Waals surface area contributed by atoms with Gasteiger partial charge in [-0.25, -0.2) is 9.97 Å². The quantitative estimate of drug-likeness (QED) is 0.854. The number of likely N-dealkylation sites (tertiary alicyclic amines) is 1. The molecule has 22 heavy (non-hydrogen) atoms. The van der Waals surface area contributed by atoms with Crippen LogP contribution in [0.4, 0.5) is 5.82 Å². The average Bonchev–Trinajstić information content (AvgIpc) is 2.92. The number of aryl methyl sites for hydroxylation is 1.